The van der Waals surface area contributed by atoms with Gasteiger partial charge < -0.3 is 19.7 Å². The molecule has 3 aromatic rings. The van der Waals surface area contributed by atoms with Gasteiger partial charge in [-0.3, -0.25) is 4.79 Å². The molecule has 0 spiro atoms. The van der Waals surface area contributed by atoms with Crippen LogP contribution in [-0.4, -0.2) is 29.0 Å². The number of benzene rings is 3. The van der Waals surface area contributed by atoms with Crippen LogP contribution in [0.25, 0.3) is 0 Å². The Morgan fingerprint density at radius 3 is 2.26 bits per heavy atom. The van der Waals surface area contributed by atoms with Crippen molar-refractivity contribution in [2.24, 2.45) is 5.92 Å². The van der Waals surface area contributed by atoms with Crippen molar-refractivity contribution in [3.63, 3.8) is 0 Å². The van der Waals surface area contributed by atoms with Crippen LogP contribution in [-0.2, 0) is 29.1 Å². The fourth-order valence-corrected chi connectivity index (χ4v) is 4.72. The van der Waals surface area contributed by atoms with Crippen LogP contribution < -0.4 is 10.1 Å². The van der Waals surface area contributed by atoms with E-state index in [-0.39, 0.29) is 17.9 Å². The summed E-state index contributed by atoms with van der Waals surface area (Å²) in [5.41, 5.74) is 3.41. The van der Waals surface area contributed by atoms with Crippen LogP contribution in [0.2, 0.25) is 0 Å². The summed E-state index contributed by atoms with van der Waals surface area (Å²) in [5, 5.41) is 3.05. The number of ether oxygens (including phenoxy) is 2. The lowest BCUT2D eigenvalue weighted by Crippen LogP contribution is -2.37. The van der Waals surface area contributed by atoms with Crippen LogP contribution in [0.4, 0.5) is 10.5 Å². The zero-order chi connectivity index (χ0) is 27.7. The fraction of sp³-hybridized carbons (Fsp3) is 0.394. The van der Waals surface area contributed by atoms with Gasteiger partial charge in [-0.1, -0.05) is 67.4 Å². The maximum atomic E-state index is 12.9. The minimum atomic E-state index is -0.559. The summed E-state index contributed by atoms with van der Waals surface area (Å²) in [7, 11) is 0. The SMILES string of the molecule is CC(C)(C)OC(=O)N(CCc1ccccc1)Cc1ccc(OCc2cccc(NC(=O)C3CCCC3)c2)cc1. The van der Waals surface area contributed by atoms with Gasteiger partial charge in [0.15, 0.2) is 0 Å². The lowest BCUT2D eigenvalue weighted by atomic mass is 10.1. The average molecular weight is 529 g/mol. The molecule has 0 atom stereocenters. The van der Waals surface area contributed by atoms with E-state index in [1.165, 1.54) is 5.56 Å². The predicted molar refractivity (Wildman–Crippen MR) is 155 cm³/mol. The fourth-order valence-electron chi connectivity index (χ4n) is 4.72. The van der Waals surface area contributed by atoms with E-state index in [0.29, 0.717) is 19.7 Å². The predicted octanol–water partition coefficient (Wildman–Crippen LogP) is 7.37. The normalized spacial score (nSPS) is 13.6. The van der Waals surface area contributed by atoms with Crippen LogP contribution in [0.3, 0.4) is 0 Å². The first-order valence-electron chi connectivity index (χ1n) is 13.9. The summed E-state index contributed by atoms with van der Waals surface area (Å²) >= 11 is 0. The second-order valence-corrected chi connectivity index (χ2v) is 11.2. The molecule has 6 nitrogen and oxygen atoms in total. The van der Waals surface area contributed by atoms with Crippen molar-refractivity contribution in [2.45, 2.75) is 71.6 Å². The number of rotatable bonds is 10. The molecule has 1 aliphatic carbocycles. The monoisotopic (exact) mass is 528 g/mol. The van der Waals surface area contributed by atoms with Gasteiger partial charge in [0.2, 0.25) is 5.91 Å². The molecule has 0 aliphatic heterocycles. The molecule has 206 valence electrons. The van der Waals surface area contributed by atoms with Gasteiger partial charge in [0.05, 0.1) is 0 Å². The standard InChI is InChI=1S/C33H40N2O4/c1-33(2,3)39-32(37)35(21-20-25-10-5-4-6-11-25)23-26-16-18-30(19-17-26)38-24-27-12-9-15-29(22-27)34-31(36)28-13-7-8-14-28/h4-6,9-12,15-19,22,28H,7-8,13-14,20-21,23-24H2,1-3H3,(H,34,36). The number of hydrogen-bond acceptors (Lipinski definition) is 4. The number of carbonyl (C=O) groups excluding carboxylic acids is 2. The van der Waals surface area contributed by atoms with E-state index in [1.54, 1.807) is 4.90 Å². The zero-order valence-electron chi connectivity index (χ0n) is 23.3. The lowest BCUT2D eigenvalue weighted by Gasteiger charge is -2.27. The topological polar surface area (TPSA) is 67.9 Å². The minimum absolute atomic E-state index is 0.116. The molecule has 3 aromatic carbocycles. The number of nitrogens with one attached hydrogen (secondary N) is 1. The Morgan fingerprint density at radius 2 is 1.56 bits per heavy atom. The largest absolute Gasteiger partial charge is 0.489 e. The van der Waals surface area contributed by atoms with Crippen LogP contribution in [0.5, 0.6) is 5.75 Å². The van der Waals surface area contributed by atoms with E-state index in [4.69, 9.17) is 9.47 Å². The molecule has 0 unspecified atom stereocenters. The Balaban J connectivity index is 1.33. The summed E-state index contributed by atoms with van der Waals surface area (Å²) in [5.74, 6) is 0.991. The molecule has 1 N–H and O–H groups in total. The molecule has 1 saturated carbocycles. The lowest BCUT2D eigenvalue weighted by molar-refractivity contribution is -0.119. The number of amides is 2. The Bertz CT molecular complexity index is 1210. The maximum absolute atomic E-state index is 12.9. The first kappa shape index (κ1) is 28.2. The number of carbonyl (C=O) groups is 2. The molecule has 6 heteroatoms. The third-order valence-corrected chi connectivity index (χ3v) is 6.79. The quantitative estimate of drug-likeness (QED) is 0.298. The van der Waals surface area contributed by atoms with Gasteiger partial charge in [-0.2, -0.15) is 0 Å². The molecular weight excluding hydrogens is 488 g/mol. The minimum Gasteiger partial charge on any atom is -0.489 e. The van der Waals surface area contributed by atoms with Gasteiger partial charge in [-0.15, -0.1) is 0 Å². The third-order valence-electron chi connectivity index (χ3n) is 6.79. The van der Waals surface area contributed by atoms with Gasteiger partial charge in [0.1, 0.15) is 18.0 Å². The number of anilines is 1. The molecule has 39 heavy (non-hydrogen) atoms. The maximum Gasteiger partial charge on any atom is 0.410 e. The molecule has 0 saturated heterocycles. The van der Waals surface area contributed by atoms with Crippen molar-refractivity contribution in [1.29, 1.82) is 0 Å². The van der Waals surface area contributed by atoms with Gasteiger partial charge in [-0.25, -0.2) is 4.79 Å². The first-order valence-corrected chi connectivity index (χ1v) is 13.9. The molecule has 0 aromatic heterocycles. The van der Waals surface area contributed by atoms with Crippen LogP contribution in [0, 0.1) is 5.92 Å². The van der Waals surface area contributed by atoms with Crippen molar-refractivity contribution >= 4 is 17.7 Å². The van der Waals surface area contributed by atoms with E-state index >= 15 is 0 Å². The molecule has 0 radical (unpaired) electrons. The molecule has 0 heterocycles. The molecule has 4 rings (SSSR count). The van der Waals surface area contributed by atoms with Crippen molar-refractivity contribution in [1.82, 2.24) is 4.90 Å². The summed E-state index contributed by atoms with van der Waals surface area (Å²) in [6, 6.07) is 25.8. The Labute approximate surface area is 232 Å². The Morgan fingerprint density at radius 1 is 0.872 bits per heavy atom. The molecule has 2 amide bonds. The van der Waals surface area contributed by atoms with Gasteiger partial charge in [0, 0.05) is 24.7 Å². The van der Waals surface area contributed by atoms with Crippen molar-refractivity contribution < 1.29 is 19.1 Å². The van der Waals surface area contributed by atoms with E-state index in [0.717, 1.165) is 54.7 Å². The Kier molecular flexibility index (Phi) is 9.64. The zero-order valence-corrected chi connectivity index (χ0v) is 23.3. The van der Waals surface area contributed by atoms with Gasteiger partial charge >= 0.3 is 6.09 Å². The Hall–Kier alpha value is -3.80. The van der Waals surface area contributed by atoms with Gasteiger partial charge in [-0.05, 0) is 81.0 Å². The van der Waals surface area contributed by atoms with E-state index < -0.39 is 5.60 Å². The molecule has 1 aliphatic rings. The van der Waals surface area contributed by atoms with Crippen LogP contribution in [0.15, 0.2) is 78.9 Å². The van der Waals surface area contributed by atoms with Crippen LogP contribution in [0.1, 0.15) is 63.1 Å². The first-order chi connectivity index (χ1) is 18.7. The third kappa shape index (κ3) is 9.17. The highest BCUT2D eigenvalue weighted by atomic mass is 16.6. The summed E-state index contributed by atoms with van der Waals surface area (Å²) in [6.07, 6.45) is 4.66. The van der Waals surface area contributed by atoms with Crippen molar-refractivity contribution in [2.75, 3.05) is 11.9 Å². The molecule has 0 bridgehead atoms. The van der Waals surface area contributed by atoms with E-state index in [1.807, 2.05) is 87.5 Å². The summed E-state index contributed by atoms with van der Waals surface area (Å²) in [6.45, 7) is 7.05. The highest BCUT2D eigenvalue weighted by molar-refractivity contribution is 5.92. The number of nitrogens with zero attached hydrogens (tertiary/aromatic N) is 1. The van der Waals surface area contributed by atoms with E-state index in [2.05, 4.69) is 17.4 Å². The van der Waals surface area contributed by atoms with Crippen molar-refractivity contribution in [3.8, 4) is 5.75 Å². The second-order valence-electron chi connectivity index (χ2n) is 11.2. The molecular formula is C33H40N2O4. The highest BCUT2D eigenvalue weighted by Gasteiger charge is 2.23. The van der Waals surface area contributed by atoms with E-state index in [9.17, 15) is 9.59 Å². The van der Waals surface area contributed by atoms with Crippen molar-refractivity contribution in [3.05, 3.63) is 95.6 Å². The van der Waals surface area contributed by atoms with Gasteiger partial charge in [0.25, 0.3) is 0 Å². The summed E-state index contributed by atoms with van der Waals surface area (Å²) < 4.78 is 11.7. The average Bonchev–Trinajstić information content (AvgIpc) is 3.46. The highest BCUT2D eigenvalue weighted by Crippen LogP contribution is 2.26. The second kappa shape index (κ2) is 13.3. The smallest absolute Gasteiger partial charge is 0.410 e. The van der Waals surface area contributed by atoms with Crippen LogP contribution >= 0.6 is 0 Å². The number of hydrogen-bond donors (Lipinski definition) is 1. The summed E-state index contributed by atoms with van der Waals surface area (Å²) in [4.78, 5) is 27.1. The molecule has 1 fully saturated rings.